The van der Waals surface area contributed by atoms with Crippen LogP contribution in [0.25, 0.3) is 5.65 Å². The van der Waals surface area contributed by atoms with Gasteiger partial charge in [0.2, 0.25) is 0 Å². The Morgan fingerprint density at radius 2 is 2.09 bits per heavy atom. The van der Waals surface area contributed by atoms with Gasteiger partial charge in [0.15, 0.2) is 11.5 Å². The maximum absolute atomic E-state index is 10.9. The summed E-state index contributed by atoms with van der Waals surface area (Å²) < 4.78 is 1.93. The number of hydrogen-bond donors (Lipinski definition) is 0. The van der Waals surface area contributed by atoms with Crippen molar-refractivity contribution in [3.63, 3.8) is 0 Å². The van der Waals surface area contributed by atoms with E-state index in [1.54, 1.807) is 19.1 Å². The van der Waals surface area contributed by atoms with Crippen LogP contribution in [-0.2, 0) is 6.54 Å². The van der Waals surface area contributed by atoms with Gasteiger partial charge in [0.25, 0.3) is 5.69 Å². The molecule has 7 nitrogen and oxygen atoms in total. The highest BCUT2D eigenvalue weighted by atomic mass is 16.6. The summed E-state index contributed by atoms with van der Waals surface area (Å²) in [4.78, 5) is 12.5. The van der Waals surface area contributed by atoms with Crippen molar-refractivity contribution >= 4 is 17.0 Å². The Morgan fingerprint density at radius 1 is 1.27 bits per heavy atom. The molecular formula is C15H15N5O2. The van der Waals surface area contributed by atoms with E-state index in [4.69, 9.17) is 0 Å². The molecule has 3 rings (SSSR count). The highest BCUT2D eigenvalue weighted by Crippen LogP contribution is 2.24. The average Bonchev–Trinajstić information content (AvgIpc) is 2.90. The first kappa shape index (κ1) is 14.0. The van der Waals surface area contributed by atoms with E-state index < -0.39 is 0 Å². The highest BCUT2D eigenvalue weighted by Gasteiger charge is 2.13. The third-order valence-electron chi connectivity index (χ3n) is 3.58. The smallest absolute Gasteiger partial charge is 0.272 e. The minimum absolute atomic E-state index is 0.130. The highest BCUT2D eigenvalue weighted by molar-refractivity contribution is 5.55. The largest absolute Gasteiger partial charge is 0.367 e. The molecule has 2 heterocycles. The Labute approximate surface area is 127 Å². The molecule has 0 unspecified atom stereocenters. The Kier molecular flexibility index (Phi) is 3.46. The number of nitro benzene ring substituents is 1. The van der Waals surface area contributed by atoms with Crippen LogP contribution in [-0.4, -0.2) is 26.6 Å². The molecule has 112 valence electrons. The summed E-state index contributed by atoms with van der Waals surface area (Å²) >= 11 is 0. The fourth-order valence-corrected chi connectivity index (χ4v) is 2.38. The zero-order valence-electron chi connectivity index (χ0n) is 12.3. The second kappa shape index (κ2) is 5.44. The third kappa shape index (κ3) is 2.48. The normalized spacial score (nSPS) is 10.8. The van der Waals surface area contributed by atoms with Crippen molar-refractivity contribution in [2.45, 2.75) is 13.5 Å². The molecule has 0 aliphatic heterocycles. The molecule has 0 radical (unpaired) electrons. The van der Waals surface area contributed by atoms with Gasteiger partial charge in [0.1, 0.15) is 0 Å². The molecule has 0 fully saturated rings. The number of nitrogens with zero attached hydrogens (tertiary/aromatic N) is 5. The van der Waals surface area contributed by atoms with Gasteiger partial charge in [-0.15, -0.1) is 10.2 Å². The van der Waals surface area contributed by atoms with Gasteiger partial charge >= 0.3 is 0 Å². The fraction of sp³-hybridized carbons (Fsp3) is 0.200. The Bertz CT molecular complexity index is 843. The van der Waals surface area contributed by atoms with E-state index in [-0.39, 0.29) is 10.6 Å². The number of anilines is 1. The van der Waals surface area contributed by atoms with E-state index in [9.17, 15) is 10.1 Å². The van der Waals surface area contributed by atoms with Crippen LogP contribution in [0, 0.1) is 17.0 Å². The number of aromatic nitrogens is 3. The van der Waals surface area contributed by atoms with Gasteiger partial charge in [-0.05, 0) is 31.2 Å². The first-order valence-electron chi connectivity index (χ1n) is 6.81. The zero-order chi connectivity index (χ0) is 15.7. The van der Waals surface area contributed by atoms with Crippen LogP contribution >= 0.6 is 0 Å². The van der Waals surface area contributed by atoms with Crippen molar-refractivity contribution in [3.8, 4) is 0 Å². The molecule has 0 atom stereocenters. The molecule has 7 heteroatoms. The predicted octanol–water partition coefficient (Wildman–Crippen LogP) is 2.58. The lowest BCUT2D eigenvalue weighted by Gasteiger charge is -2.18. The molecule has 0 bridgehead atoms. The molecule has 2 aromatic heterocycles. The maximum Gasteiger partial charge on any atom is 0.272 e. The van der Waals surface area contributed by atoms with Gasteiger partial charge in [-0.2, -0.15) is 0 Å². The number of benzene rings is 1. The number of aryl methyl sites for hydroxylation is 1. The Morgan fingerprint density at radius 3 is 2.82 bits per heavy atom. The molecule has 0 amide bonds. The van der Waals surface area contributed by atoms with Crippen LogP contribution in [0.1, 0.15) is 11.4 Å². The molecule has 22 heavy (non-hydrogen) atoms. The van der Waals surface area contributed by atoms with Gasteiger partial charge in [-0.25, -0.2) is 0 Å². The lowest BCUT2D eigenvalue weighted by Crippen LogP contribution is -2.18. The van der Waals surface area contributed by atoms with Crippen molar-refractivity contribution in [1.82, 2.24) is 14.6 Å². The quantitative estimate of drug-likeness (QED) is 0.546. The summed E-state index contributed by atoms with van der Waals surface area (Å²) in [5.74, 6) is 0.814. The van der Waals surface area contributed by atoms with E-state index >= 15 is 0 Å². The summed E-state index contributed by atoms with van der Waals surface area (Å²) in [6.45, 7) is 2.30. The van der Waals surface area contributed by atoms with Crippen LogP contribution < -0.4 is 4.90 Å². The molecule has 3 aromatic rings. The monoisotopic (exact) mass is 297 g/mol. The van der Waals surface area contributed by atoms with Crippen molar-refractivity contribution in [1.29, 1.82) is 0 Å². The molecule has 0 N–H and O–H groups in total. The van der Waals surface area contributed by atoms with Crippen molar-refractivity contribution < 1.29 is 4.92 Å². The zero-order valence-corrected chi connectivity index (χ0v) is 12.3. The van der Waals surface area contributed by atoms with Crippen LogP contribution in [0.4, 0.5) is 11.4 Å². The molecular weight excluding hydrogens is 282 g/mol. The summed E-state index contributed by atoms with van der Waals surface area (Å²) in [7, 11) is 1.92. The van der Waals surface area contributed by atoms with Crippen molar-refractivity contribution in [3.05, 3.63) is 64.1 Å². The van der Waals surface area contributed by atoms with Crippen LogP contribution in [0.2, 0.25) is 0 Å². The van der Waals surface area contributed by atoms with E-state index in [1.165, 1.54) is 6.07 Å². The second-order valence-corrected chi connectivity index (χ2v) is 5.13. The standard InChI is InChI=1S/C15H15N5O2/c1-11-9-12(6-7-13(11)20(21)22)18(2)10-15-17-16-14-5-3-4-8-19(14)15/h3-9H,10H2,1-2H3. The Hall–Kier alpha value is -2.96. The topological polar surface area (TPSA) is 76.6 Å². The Balaban J connectivity index is 1.87. The first-order chi connectivity index (χ1) is 10.6. The SMILES string of the molecule is Cc1cc(N(C)Cc2nnc3ccccn23)ccc1[N+](=O)[O-]. The third-order valence-corrected chi connectivity index (χ3v) is 3.58. The van der Waals surface area contributed by atoms with Gasteiger partial charge in [-0.3, -0.25) is 14.5 Å². The van der Waals surface area contributed by atoms with Gasteiger partial charge in [0.05, 0.1) is 11.5 Å². The number of pyridine rings is 1. The molecule has 0 aliphatic rings. The molecule has 1 aromatic carbocycles. The first-order valence-corrected chi connectivity index (χ1v) is 6.81. The molecule has 0 saturated heterocycles. The van der Waals surface area contributed by atoms with Gasteiger partial charge in [0, 0.05) is 30.6 Å². The average molecular weight is 297 g/mol. The predicted molar refractivity (Wildman–Crippen MR) is 82.9 cm³/mol. The number of rotatable bonds is 4. The van der Waals surface area contributed by atoms with E-state index in [0.717, 1.165) is 17.2 Å². The van der Waals surface area contributed by atoms with Crippen LogP contribution in [0.5, 0.6) is 0 Å². The summed E-state index contributed by atoms with van der Waals surface area (Å²) in [5, 5.41) is 19.2. The maximum atomic E-state index is 10.9. The summed E-state index contributed by atoms with van der Waals surface area (Å²) in [6, 6.07) is 10.8. The van der Waals surface area contributed by atoms with Crippen LogP contribution in [0.3, 0.4) is 0 Å². The second-order valence-electron chi connectivity index (χ2n) is 5.13. The lowest BCUT2D eigenvalue weighted by molar-refractivity contribution is -0.385. The molecule has 0 saturated carbocycles. The molecule has 0 aliphatic carbocycles. The lowest BCUT2D eigenvalue weighted by atomic mass is 10.1. The van der Waals surface area contributed by atoms with E-state index in [2.05, 4.69) is 10.2 Å². The van der Waals surface area contributed by atoms with Crippen molar-refractivity contribution in [2.24, 2.45) is 0 Å². The minimum atomic E-state index is -0.370. The minimum Gasteiger partial charge on any atom is -0.367 e. The van der Waals surface area contributed by atoms with E-state index in [1.807, 2.05) is 40.7 Å². The number of fused-ring (bicyclic) bond motifs is 1. The molecule has 0 spiro atoms. The number of hydrogen-bond acceptors (Lipinski definition) is 5. The summed E-state index contributed by atoms with van der Waals surface area (Å²) in [6.07, 6.45) is 1.92. The summed E-state index contributed by atoms with van der Waals surface area (Å²) in [5.41, 5.74) is 2.46. The van der Waals surface area contributed by atoms with Crippen molar-refractivity contribution in [2.75, 3.05) is 11.9 Å². The van der Waals surface area contributed by atoms with Gasteiger partial charge < -0.3 is 4.90 Å². The van der Waals surface area contributed by atoms with Crippen LogP contribution in [0.15, 0.2) is 42.6 Å². The number of nitro groups is 1. The van der Waals surface area contributed by atoms with E-state index in [0.29, 0.717) is 12.1 Å². The van der Waals surface area contributed by atoms with Gasteiger partial charge in [-0.1, -0.05) is 6.07 Å². The fourth-order valence-electron chi connectivity index (χ4n) is 2.38.